The molecule has 0 aromatic heterocycles. The van der Waals surface area contributed by atoms with E-state index in [-0.39, 0.29) is 14.9 Å². The summed E-state index contributed by atoms with van der Waals surface area (Å²) in [5.74, 6) is 0.182. The van der Waals surface area contributed by atoms with Crippen molar-refractivity contribution < 1.29 is 4.79 Å². The lowest BCUT2D eigenvalue weighted by Crippen LogP contribution is -2.27. The van der Waals surface area contributed by atoms with Gasteiger partial charge in [0.05, 0.1) is 3.74 Å². The minimum Gasteiger partial charge on any atom is -0.299 e. The number of halogens is 2. The van der Waals surface area contributed by atoms with Crippen molar-refractivity contribution in [2.45, 2.75) is 24.5 Å². The zero-order chi connectivity index (χ0) is 7.65. The maximum Gasteiger partial charge on any atom is 0.137 e. The lowest BCUT2D eigenvalue weighted by atomic mass is 9.92. The van der Waals surface area contributed by atoms with Crippen LogP contribution >= 0.6 is 31.9 Å². The molecule has 0 N–H and O–H groups in total. The normalized spacial score (nSPS) is 12.2. The second-order valence-corrected chi connectivity index (χ2v) is 5.64. The van der Waals surface area contributed by atoms with Crippen molar-refractivity contribution in [3.63, 3.8) is 0 Å². The molecule has 0 rings (SSSR count). The fourth-order valence-corrected chi connectivity index (χ4v) is 0.798. The monoisotopic (exact) mass is 256 g/mol. The van der Waals surface area contributed by atoms with Gasteiger partial charge < -0.3 is 0 Å². The highest BCUT2D eigenvalue weighted by Gasteiger charge is 2.29. The summed E-state index contributed by atoms with van der Waals surface area (Å²) < 4.78 is 0.0648. The van der Waals surface area contributed by atoms with Crippen LogP contribution in [0.4, 0.5) is 0 Å². The molecule has 0 radical (unpaired) electrons. The van der Waals surface area contributed by atoms with E-state index >= 15 is 0 Å². The summed E-state index contributed by atoms with van der Waals surface area (Å²) in [6, 6.07) is 0. The molecule has 0 aliphatic heterocycles. The Bertz CT molecular complexity index is 118. The molecule has 0 atom stereocenters. The third-order valence-electron chi connectivity index (χ3n) is 1.45. The van der Waals surface area contributed by atoms with Gasteiger partial charge in [-0.05, 0) is 6.92 Å². The van der Waals surface area contributed by atoms with Crippen molar-refractivity contribution in [2.24, 2.45) is 5.41 Å². The van der Waals surface area contributed by atoms with E-state index in [4.69, 9.17) is 0 Å². The first kappa shape index (κ1) is 9.63. The second kappa shape index (κ2) is 3.15. The van der Waals surface area contributed by atoms with Gasteiger partial charge in [-0.2, -0.15) is 0 Å². The molecule has 0 saturated carbocycles. The van der Waals surface area contributed by atoms with Crippen molar-refractivity contribution in [2.75, 3.05) is 0 Å². The minimum atomic E-state index is -0.306. The molecule has 0 unspecified atom stereocenters. The first-order valence-electron chi connectivity index (χ1n) is 2.68. The summed E-state index contributed by atoms with van der Waals surface area (Å²) in [5, 5.41) is 0. The maximum absolute atomic E-state index is 10.8. The second-order valence-electron chi connectivity index (χ2n) is 2.58. The summed E-state index contributed by atoms with van der Waals surface area (Å²) in [6.07, 6.45) is 0. The quantitative estimate of drug-likeness (QED) is 0.696. The standard InChI is InChI=1S/C6H10Br2O/c1-4(9)6(2,3)5(7)8/h5H,1-3H3. The van der Waals surface area contributed by atoms with Crippen LogP contribution in [0.2, 0.25) is 0 Å². The van der Waals surface area contributed by atoms with Gasteiger partial charge in [-0.15, -0.1) is 0 Å². The Morgan fingerprint density at radius 2 is 1.78 bits per heavy atom. The molecule has 9 heavy (non-hydrogen) atoms. The fraction of sp³-hybridized carbons (Fsp3) is 0.833. The first-order chi connectivity index (χ1) is 3.89. The van der Waals surface area contributed by atoms with Gasteiger partial charge in [-0.25, -0.2) is 0 Å². The summed E-state index contributed by atoms with van der Waals surface area (Å²) in [4.78, 5) is 10.8. The van der Waals surface area contributed by atoms with Gasteiger partial charge in [-0.1, -0.05) is 45.7 Å². The highest BCUT2D eigenvalue weighted by Crippen LogP contribution is 2.32. The molecular weight excluding hydrogens is 248 g/mol. The van der Waals surface area contributed by atoms with Gasteiger partial charge in [0.2, 0.25) is 0 Å². The summed E-state index contributed by atoms with van der Waals surface area (Å²) in [6.45, 7) is 5.38. The number of carbonyl (C=O) groups excluding carboxylic acids is 1. The van der Waals surface area contributed by atoms with Crippen LogP contribution in [-0.2, 0) is 4.79 Å². The molecule has 0 aliphatic rings. The zero-order valence-corrected chi connectivity index (χ0v) is 8.91. The van der Waals surface area contributed by atoms with E-state index in [0.717, 1.165) is 0 Å². The number of carbonyl (C=O) groups is 1. The molecule has 0 heterocycles. The highest BCUT2D eigenvalue weighted by molar-refractivity contribution is 9.24. The maximum atomic E-state index is 10.8. The average molecular weight is 258 g/mol. The Labute approximate surface area is 72.5 Å². The van der Waals surface area contributed by atoms with Crippen molar-refractivity contribution in [1.82, 2.24) is 0 Å². The van der Waals surface area contributed by atoms with Crippen LogP contribution in [-0.4, -0.2) is 9.52 Å². The smallest absolute Gasteiger partial charge is 0.137 e. The third kappa shape index (κ3) is 2.38. The predicted octanol–water partition coefficient (Wildman–Crippen LogP) is 2.72. The number of rotatable bonds is 2. The van der Waals surface area contributed by atoms with E-state index in [9.17, 15) is 4.79 Å². The Balaban J connectivity index is 4.19. The molecule has 0 saturated heterocycles. The van der Waals surface area contributed by atoms with Crippen molar-refractivity contribution in [1.29, 1.82) is 0 Å². The van der Waals surface area contributed by atoms with E-state index in [2.05, 4.69) is 31.9 Å². The van der Waals surface area contributed by atoms with Gasteiger partial charge in [0, 0.05) is 5.41 Å². The lowest BCUT2D eigenvalue weighted by Gasteiger charge is -2.22. The SMILES string of the molecule is CC(=O)C(C)(C)C(Br)Br. The van der Waals surface area contributed by atoms with E-state index in [0.29, 0.717) is 0 Å². The minimum absolute atomic E-state index is 0.0648. The Kier molecular flexibility index (Phi) is 3.37. The van der Waals surface area contributed by atoms with Crippen LogP contribution in [0.1, 0.15) is 20.8 Å². The van der Waals surface area contributed by atoms with Crippen LogP contribution in [0.5, 0.6) is 0 Å². The van der Waals surface area contributed by atoms with Gasteiger partial charge in [0.25, 0.3) is 0 Å². The largest absolute Gasteiger partial charge is 0.299 e. The summed E-state index contributed by atoms with van der Waals surface area (Å²) >= 11 is 6.58. The number of hydrogen-bond donors (Lipinski definition) is 0. The molecule has 0 aromatic rings. The predicted molar refractivity (Wildman–Crippen MR) is 46.1 cm³/mol. The van der Waals surface area contributed by atoms with Crippen molar-refractivity contribution in [3.8, 4) is 0 Å². The van der Waals surface area contributed by atoms with E-state index < -0.39 is 0 Å². The summed E-state index contributed by atoms with van der Waals surface area (Å²) in [7, 11) is 0. The number of Topliss-reactive ketones (excluding diaryl/α,β-unsaturated/α-hetero) is 1. The van der Waals surface area contributed by atoms with Crippen LogP contribution < -0.4 is 0 Å². The van der Waals surface area contributed by atoms with Gasteiger partial charge in [0.1, 0.15) is 5.78 Å². The van der Waals surface area contributed by atoms with E-state index in [1.807, 2.05) is 13.8 Å². The topological polar surface area (TPSA) is 17.1 Å². The van der Waals surface area contributed by atoms with Crippen LogP contribution in [0, 0.1) is 5.41 Å². The Morgan fingerprint density at radius 1 is 1.44 bits per heavy atom. The molecule has 0 amide bonds. The molecule has 0 spiro atoms. The van der Waals surface area contributed by atoms with Crippen LogP contribution in [0.3, 0.4) is 0 Å². The van der Waals surface area contributed by atoms with Gasteiger partial charge in [0.15, 0.2) is 0 Å². The summed E-state index contributed by atoms with van der Waals surface area (Å²) in [5.41, 5.74) is -0.306. The Hall–Kier alpha value is 0.630. The molecular formula is C6H10Br2O. The first-order valence-corrected chi connectivity index (χ1v) is 4.51. The molecule has 54 valence electrons. The van der Waals surface area contributed by atoms with Crippen LogP contribution in [0.25, 0.3) is 0 Å². The molecule has 0 fully saturated rings. The highest BCUT2D eigenvalue weighted by atomic mass is 79.9. The van der Waals surface area contributed by atoms with Gasteiger partial charge >= 0.3 is 0 Å². The molecule has 0 bridgehead atoms. The third-order valence-corrected chi connectivity index (χ3v) is 3.74. The van der Waals surface area contributed by atoms with Crippen molar-refractivity contribution in [3.05, 3.63) is 0 Å². The number of alkyl halides is 2. The molecule has 1 nitrogen and oxygen atoms in total. The Morgan fingerprint density at radius 3 is 1.78 bits per heavy atom. The van der Waals surface area contributed by atoms with Gasteiger partial charge in [-0.3, -0.25) is 4.79 Å². The van der Waals surface area contributed by atoms with E-state index in [1.165, 1.54) is 0 Å². The number of ketones is 1. The molecule has 0 aliphatic carbocycles. The molecule has 3 heteroatoms. The van der Waals surface area contributed by atoms with Crippen LogP contribution in [0.15, 0.2) is 0 Å². The average Bonchev–Trinajstić information content (AvgIpc) is 1.65. The lowest BCUT2D eigenvalue weighted by molar-refractivity contribution is -0.123. The van der Waals surface area contributed by atoms with E-state index in [1.54, 1.807) is 6.92 Å². The zero-order valence-electron chi connectivity index (χ0n) is 5.74. The molecule has 0 aromatic carbocycles. The van der Waals surface area contributed by atoms with Crippen molar-refractivity contribution >= 4 is 37.6 Å². The fourth-order valence-electron chi connectivity index (χ4n) is 0.154. The number of hydrogen-bond acceptors (Lipinski definition) is 1.